The smallest absolute Gasteiger partial charge is 0.328 e. The number of phenolic OH excluding ortho intramolecular Hbond substituents is 1. The summed E-state index contributed by atoms with van der Waals surface area (Å²) in [5.74, 6) is -6.29. The molecule has 4 aliphatic rings. The third-order valence-corrected chi connectivity index (χ3v) is 10.9. The van der Waals surface area contributed by atoms with Gasteiger partial charge in [0.05, 0.1) is 41.0 Å². The number of hydrazine groups is 1. The zero-order chi connectivity index (χ0) is 34.2. The molecule has 0 aromatic heterocycles. The van der Waals surface area contributed by atoms with E-state index in [9.17, 15) is 24.3 Å². The third-order valence-electron chi connectivity index (χ3n) is 10.4. The summed E-state index contributed by atoms with van der Waals surface area (Å²) in [4.78, 5) is 69.6. The number of hydrogen-bond donors (Lipinski definition) is 3. The SMILES string of the molecule is COc1ccc(C23C(=O)N(Nc4ccc(Cl)cc4Cl)C(=O)C2CC2C(=CCC4C(=O)N(C(N)=O)C(=O)C42)C3c2ccc(O)c(C)c2)cc1. The van der Waals surface area contributed by atoms with Crippen LogP contribution in [0.2, 0.25) is 10.0 Å². The van der Waals surface area contributed by atoms with Crippen molar-refractivity contribution < 1.29 is 33.8 Å². The molecule has 2 aliphatic heterocycles. The quantitative estimate of drug-likeness (QED) is 0.247. The molecule has 6 amide bonds. The highest BCUT2D eigenvalue weighted by Gasteiger charge is 2.70. The van der Waals surface area contributed by atoms with Gasteiger partial charge >= 0.3 is 6.03 Å². The number of primary amides is 1. The fraction of sp³-hybridized carbons (Fsp3) is 0.286. The molecule has 3 aromatic rings. The number of urea groups is 1. The van der Waals surface area contributed by atoms with Crippen molar-refractivity contribution >= 4 is 58.5 Å². The second kappa shape index (κ2) is 11.4. The average molecular weight is 690 g/mol. The molecule has 6 unspecified atom stereocenters. The first-order chi connectivity index (χ1) is 22.9. The molecular formula is C35H30Cl2N4O7. The van der Waals surface area contributed by atoms with E-state index in [1.807, 2.05) is 6.08 Å². The summed E-state index contributed by atoms with van der Waals surface area (Å²) in [7, 11) is 1.52. The zero-order valence-corrected chi connectivity index (χ0v) is 27.3. The number of nitrogens with zero attached hydrogens (tertiary/aromatic N) is 2. The van der Waals surface area contributed by atoms with Crippen LogP contribution >= 0.6 is 23.2 Å². The second-order valence-corrected chi connectivity index (χ2v) is 13.5. The van der Waals surface area contributed by atoms with Gasteiger partial charge in [-0.3, -0.25) is 24.6 Å². The number of anilines is 1. The Balaban J connectivity index is 1.47. The van der Waals surface area contributed by atoms with E-state index < -0.39 is 64.7 Å². The van der Waals surface area contributed by atoms with Crippen molar-refractivity contribution in [3.63, 3.8) is 0 Å². The molecule has 0 radical (unpaired) electrons. The number of nitrogens with two attached hydrogens (primary N) is 1. The van der Waals surface area contributed by atoms with Gasteiger partial charge in [0, 0.05) is 10.9 Å². The highest BCUT2D eigenvalue weighted by atomic mass is 35.5. The van der Waals surface area contributed by atoms with E-state index in [4.69, 9.17) is 33.7 Å². The number of likely N-dealkylation sites (tertiary alicyclic amines) is 1. The molecule has 13 heteroatoms. The number of imide groups is 4. The summed E-state index contributed by atoms with van der Waals surface area (Å²) in [5, 5.41) is 12.0. The number of hydrogen-bond acceptors (Lipinski definition) is 8. The number of aromatic hydroxyl groups is 1. The van der Waals surface area contributed by atoms with Crippen LogP contribution in [0, 0.1) is 30.6 Å². The lowest BCUT2D eigenvalue weighted by molar-refractivity contribution is -0.139. The van der Waals surface area contributed by atoms with Gasteiger partial charge in [0.15, 0.2) is 0 Å². The first kappa shape index (κ1) is 31.7. The van der Waals surface area contributed by atoms with Crippen molar-refractivity contribution in [1.82, 2.24) is 9.91 Å². The fourth-order valence-corrected chi connectivity index (χ4v) is 8.74. The summed E-state index contributed by atoms with van der Waals surface area (Å²) >= 11 is 12.6. The lowest BCUT2D eigenvalue weighted by atomic mass is 9.49. The molecule has 6 atom stereocenters. The van der Waals surface area contributed by atoms with Crippen molar-refractivity contribution in [2.75, 3.05) is 12.5 Å². The number of carbonyl (C=O) groups excluding carboxylic acids is 5. The molecule has 3 fully saturated rings. The van der Waals surface area contributed by atoms with Gasteiger partial charge in [-0.2, -0.15) is 9.91 Å². The second-order valence-electron chi connectivity index (χ2n) is 12.6. The standard InChI is InChI=1S/C35H30Cl2N4O7/c1-16-13-17(3-12-27(16)42)29-21-9-10-22-28(32(45)40(30(22)43)34(38)47)23(21)15-24-31(44)41(39-26-11-6-19(36)14-25(26)37)33(46)35(24,29)18-4-7-20(48-2)8-5-18/h3-9,11-14,22-24,28-29,39,42H,10,15H2,1-2H3,(H2,38,47). The third kappa shape index (κ3) is 4.44. The molecule has 1 saturated carbocycles. The van der Waals surface area contributed by atoms with Crippen LogP contribution < -0.4 is 15.9 Å². The number of rotatable bonds is 5. The Kier molecular flexibility index (Phi) is 7.52. The van der Waals surface area contributed by atoms with Gasteiger partial charge in [0.25, 0.3) is 11.8 Å². The molecule has 0 bridgehead atoms. The molecule has 2 saturated heterocycles. The monoisotopic (exact) mass is 688 g/mol. The summed E-state index contributed by atoms with van der Waals surface area (Å²) in [6.07, 6.45) is 2.02. The minimum absolute atomic E-state index is 0.0231. The van der Waals surface area contributed by atoms with E-state index in [2.05, 4.69) is 5.43 Å². The lowest BCUT2D eigenvalue weighted by Gasteiger charge is -2.50. The maximum atomic E-state index is 15.2. The minimum Gasteiger partial charge on any atom is -0.508 e. The molecular weight excluding hydrogens is 659 g/mol. The molecule has 3 aromatic carbocycles. The lowest BCUT2D eigenvalue weighted by Crippen LogP contribution is -2.53. The van der Waals surface area contributed by atoms with E-state index >= 15 is 4.79 Å². The number of fused-ring (bicyclic) bond motifs is 4. The Morgan fingerprint density at radius 2 is 1.71 bits per heavy atom. The van der Waals surface area contributed by atoms with Gasteiger partial charge in [-0.15, -0.1) is 0 Å². The van der Waals surface area contributed by atoms with Crippen molar-refractivity contribution in [1.29, 1.82) is 0 Å². The average Bonchev–Trinajstić information content (AvgIpc) is 3.44. The van der Waals surface area contributed by atoms with Crippen molar-refractivity contribution in [2.45, 2.75) is 31.1 Å². The van der Waals surface area contributed by atoms with Gasteiger partial charge in [0.1, 0.15) is 11.5 Å². The highest BCUT2D eigenvalue weighted by Crippen LogP contribution is 2.64. The number of methoxy groups -OCH3 is 1. The van der Waals surface area contributed by atoms with E-state index in [0.29, 0.717) is 37.9 Å². The maximum absolute atomic E-state index is 15.2. The van der Waals surface area contributed by atoms with Crippen LogP contribution in [0.4, 0.5) is 10.5 Å². The number of allylic oxidation sites excluding steroid dienone is 2. The van der Waals surface area contributed by atoms with E-state index in [0.717, 1.165) is 5.01 Å². The van der Waals surface area contributed by atoms with Crippen molar-refractivity contribution in [3.8, 4) is 11.5 Å². The Morgan fingerprint density at radius 3 is 2.35 bits per heavy atom. The van der Waals surface area contributed by atoms with Crippen LogP contribution in [0.5, 0.6) is 11.5 Å². The maximum Gasteiger partial charge on any atom is 0.328 e. The number of benzene rings is 3. The summed E-state index contributed by atoms with van der Waals surface area (Å²) in [5.41, 5.74) is 9.51. The van der Waals surface area contributed by atoms with E-state index in [1.165, 1.54) is 19.2 Å². The molecule has 0 spiro atoms. The van der Waals surface area contributed by atoms with Crippen molar-refractivity contribution in [2.24, 2.45) is 29.4 Å². The molecule has 2 aliphatic carbocycles. The molecule has 48 heavy (non-hydrogen) atoms. The van der Waals surface area contributed by atoms with Gasteiger partial charge in [-0.05, 0) is 78.8 Å². The van der Waals surface area contributed by atoms with Gasteiger partial charge in [0.2, 0.25) is 11.8 Å². The van der Waals surface area contributed by atoms with Crippen LogP contribution in [-0.4, -0.2) is 51.8 Å². The molecule has 246 valence electrons. The number of ether oxygens (including phenoxy) is 1. The molecule has 2 heterocycles. The number of aryl methyl sites for hydroxylation is 1. The Morgan fingerprint density at radius 1 is 0.979 bits per heavy atom. The van der Waals surface area contributed by atoms with Crippen LogP contribution in [0.15, 0.2) is 72.3 Å². The number of nitrogens with one attached hydrogen (secondary N) is 1. The van der Waals surface area contributed by atoms with Crippen LogP contribution in [0.1, 0.15) is 35.4 Å². The molecule has 7 rings (SSSR count). The number of phenols is 1. The predicted molar refractivity (Wildman–Crippen MR) is 175 cm³/mol. The molecule has 4 N–H and O–H groups in total. The number of halogens is 2. The topological polar surface area (TPSA) is 159 Å². The minimum atomic E-state index is -1.55. The van der Waals surface area contributed by atoms with Crippen LogP contribution in [-0.2, 0) is 24.6 Å². The fourth-order valence-electron chi connectivity index (χ4n) is 8.29. The highest BCUT2D eigenvalue weighted by molar-refractivity contribution is 6.36. The summed E-state index contributed by atoms with van der Waals surface area (Å²) in [6, 6.07) is 15.4. The Bertz CT molecular complexity index is 1960. The largest absolute Gasteiger partial charge is 0.508 e. The summed E-state index contributed by atoms with van der Waals surface area (Å²) in [6.45, 7) is 1.73. The first-order valence-corrected chi connectivity index (χ1v) is 16.1. The van der Waals surface area contributed by atoms with Crippen molar-refractivity contribution in [3.05, 3.63) is 99.0 Å². The molecule has 11 nitrogen and oxygen atoms in total. The van der Waals surface area contributed by atoms with Gasteiger partial charge in [-0.25, -0.2) is 4.79 Å². The van der Waals surface area contributed by atoms with E-state index in [1.54, 1.807) is 55.5 Å². The zero-order valence-electron chi connectivity index (χ0n) is 25.8. The van der Waals surface area contributed by atoms with Gasteiger partial charge < -0.3 is 15.6 Å². The van der Waals surface area contributed by atoms with Gasteiger partial charge in [-0.1, -0.05) is 59.1 Å². The number of amides is 6. The van der Waals surface area contributed by atoms with Crippen LogP contribution in [0.3, 0.4) is 0 Å². The number of carbonyl (C=O) groups is 5. The Labute approximate surface area is 285 Å². The summed E-state index contributed by atoms with van der Waals surface area (Å²) < 4.78 is 5.41. The predicted octanol–water partition coefficient (Wildman–Crippen LogP) is 5.08. The normalized spacial score (nSPS) is 27.8. The van der Waals surface area contributed by atoms with E-state index in [-0.39, 0.29) is 29.3 Å². The Hall–Kier alpha value is -4.87. The first-order valence-electron chi connectivity index (χ1n) is 15.3. The van der Waals surface area contributed by atoms with Crippen LogP contribution in [0.25, 0.3) is 0 Å².